The second-order valence-electron chi connectivity index (χ2n) is 6.36. The van der Waals surface area contributed by atoms with Gasteiger partial charge in [-0.05, 0) is 34.4 Å². The SMILES string of the molecule is COc1cc(-c2ccc(S(N)(=O)=O)cc2)c(-c2ccc(CO)cc2)c(C(F)(F)F)n1. The average molecular weight is 438 g/mol. The van der Waals surface area contributed by atoms with Crippen LogP contribution in [0.1, 0.15) is 11.3 Å². The van der Waals surface area contributed by atoms with Crippen molar-refractivity contribution in [2.75, 3.05) is 7.11 Å². The monoisotopic (exact) mass is 438 g/mol. The molecule has 0 radical (unpaired) electrons. The molecule has 0 saturated heterocycles. The van der Waals surface area contributed by atoms with E-state index < -0.39 is 21.9 Å². The van der Waals surface area contributed by atoms with E-state index in [0.29, 0.717) is 11.1 Å². The third-order valence-corrected chi connectivity index (χ3v) is 5.32. The summed E-state index contributed by atoms with van der Waals surface area (Å²) in [5, 5.41) is 14.3. The molecule has 0 saturated carbocycles. The molecular formula is C20H17F3N2O4S. The summed E-state index contributed by atoms with van der Waals surface area (Å²) >= 11 is 0. The first-order valence-corrected chi connectivity index (χ1v) is 10.1. The first-order valence-electron chi connectivity index (χ1n) is 8.54. The number of benzene rings is 2. The summed E-state index contributed by atoms with van der Waals surface area (Å²) in [4.78, 5) is 3.44. The number of hydrogen-bond donors (Lipinski definition) is 2. The van der Waals surface area contributed by atoms with Crippen LogP contribution in [-0.4, -0.2) is 25.6 Å². The number of pyridine rings is 1. The van der Waals surface area contributed by atoms with Crippen LogP contribution < -0.4 is 9.88 Å². The Bertz CT molecular complexity index is 1160. The molecule has 6 nitrogen and oxygen atoms in total. The van der Waals surface area contributed by atoms with Gasteiger partial charge >= 0.3 is 6.18 Å². The molecule has 0 bridgehead atoms. The second kappa shape index (κ2) is 8.05. The molecule has 3 aromatic rings. The fourth-order valence-corrected chi connectivity index (χ4v) is 3.47. The van der Waals surface area contributed by atoms with Crippen LogP contribution in [0, 0.1) is 0 Å². The van der Waals surface area contributed by atoms with Crippen molar-refractivity contribution >= 4 is 10.0 Å². The Balaban J connectivity index is 2.32. The van der Waals surface area contributed by atoms with Crippen molar-refractivity contribution in [3.8, 4) is 28.1 Å². The number of halogens is 3. The molecule has 158 valence electrons. The number of hydrogen-bond acceptors (Lipinski definition) is 5. The Kier molecular flexibility index (Phi) is 5.84. The molecule has 0 atom stereocenters. The summed E-state index contributed by atoms with van der Waals surface area (Å²) in [6.45, 7) is -0.255. The van der Waals surface area contributed by atoms with Gasteiger partial charge in [0.2, 0.25) is 15.9 Å². The summed E-state index contributed by atoms with van der Waals surface area (Å²) in [5.41, 5.74) is -0.130. The van der Waals surface area contributed by atoms with Crippen LogP contribution in [-0.2, 0) is 22.8 Å². The number of primary sulfonamides is 1. The van der Waals surface area contributed by atoms with E-state index >= 15 is 0 Å². The van der Waals surface area contributed by atoms with Crippen LogP contribution in [0.25, 0.3) is 22.3 Å². The Morgan fingerprint density at radius 2 is 1.60 bits per heavy atom. The minimum Gasteiger partial charge on any atom is -0.481 e. The number of methoxy groups -OCH3 is 1. The van der Waals surface area contributed by atoms with Gasteiger partial charge in [-0.2, -0.15) is 13.2 Å². The molecule has 1 aromatic heterocycles. The summed E-state index contributed by atoms with van der Waals surface area (Å²) < 4.78 is 69.5. The van der Waals surface area contributed by atoms with E-state index in [1.165, 1.54) is 61.7 Å². The van der Waals surface area contributed by atoms with Crippen LogP contribution in [0.4, 0.5) is 13.2 Å². The standard InChI is InChI=1S/C20H17F3N2O4S/c1-29-17-10-16(13-6-8-15(9-7-13)30(24,27)28)18(19(25-17)20(21,22)23)14-4-2-12(11-26)3-5-14/h2-10,26H,11H2,1H3,(H2,24,27,28). The minimum absolute atomic E-state index is 0.145. The maximum Gasteiger partial charge on any atom is 0.434 e. The van der Waals surface area contributed by atoms with E-state index in [-0.39, 0.29) is 34.1 Å². The number of aromatic nitrogens is 1. The van der Waals surface area contributed by atoms with Gasteiger partial charge in [0, 0.05) is 11.6 Å². The highest BCUT2D eigenvalue weighted by Gasteiger charge is 2.38. The molecule has 3 rings (SSSR count). The van der Waals surface area contributed by atoms with Crippen molar-refractivity contribution in [2.24, 2.45) is 5.14 Å². The van der Waals surface area contributed by atoms with Gasteiger partial charge in [0.15, 0.2) is 5.69 Å². The van der Waals surface area contributed by atoms with E-state index in [1.54, 1.807) is 0 Å². The lowest BCUT2D eigenvalue weighted by molar-refractivity contribution is -0.140. The molecule has 30 heavy (non-hydrogen) atoms. The first-order chi connectivity index (χ1) is 14.0. The predicted octanol–water partition coefficient (Wildman–Crippen LogP) is 3.58. The lowest BCUT2D eigenvalue weighted by atomic mass is 9.92. The van der Waals surface area contributed by atoms with Gasteiger partial charge in [-0.3, -0.25) is 0 Å². The summed E-state index contributed by atoms with van der Waals surface area (Å²) in [5.74, 6) is -0.247. The molecule has 3 N–H and O–H groups in total. The highest BCUT2D eigenvalue weighted by atomic mass is 32.2. The third-order valence-electron chi connectivity index (χ3n) is 4.39. The van der Waals surface area contributed by atoms with Gasteiger partial charge in [-0.15, -0.1) is 0 Å². The van der Waals surface area contributed by atoms with E-state index in [2.05, 4.69) is 4.98 Å². The Labute approximate surface area is 170 Å². The van der Waals surface area contributed by atoms with Crippen molar-refractivity contribution in [1.82, 2.24) is 4.98 Å². The minimum atomic E-state index is -4.78. The molecule has 2 aromatic carbocycles. The van der Waals surface area contributed by atoms with Crippen molar-refractivity contribution in [3.63, 3.8) is 0 Å². The molecule has 10 heteroatoms. The maximum absolute atomic E-state index is 13.9. The maximum atomic E-state index is 13.9. The molecule has 0 amide bonds. The quantitative estimate of drug-likeness (QED) is 0.634. The Morgan fingerprint density at radius 1 is 1.03 bits per heavy atom. The van der Waals surface area contributed by atoms with Gasteiger partial charge in [-0.1, -0.05) is 36.4 Å². The largest absolute Gasteiger partial charge is 0.481 e. The predicted molar refractivity (Wildman–Crippen MR) is 104 cm³/mol. The van der Waals surface area contributed by atoms with Gasteiger partial charge in [0.25, 0.3) is 0 Å². The molecule has 0 unspecified atom stereocenters. The fraction of sp³-hybridized carbons (Fsp3) is 0.150. The fourth-order valence-electron chi connectivity index (χ4n) is 2.95. The first kappa shape index (κ1) is 21.8. The van der Waals surface area contributed by atoms with Crippen LogP contribution >= 0.6 is 0 Å². The van der Waals surface area contributed by atoms with Gasteiger partial charge in [0.1, 0.15) is 0 Å². The molecule has 0 fully saturated rings. The van der Waals surface area contributed by atoms with Gasteiger partial charge in [0.05, 0.1) is 18.6 Å². The molecule has 0 aliphatic carbocycles. The molecule has 0 spiro atoms. The van der Waals surface area contributed by atoms with Crippen molar-refractivity contribution < 1.29 is 31.4 Å². The van der Waals surface area contributed by atoms with Crippen LogP contribution in [0.15, 0.2) is 59.5 Å². The van der Waals surface area contributed by atoms with Crippen molar-refractivity contribution in [1.29, 1.82) is 0 Å². The van der Waals surface area contributed by atoms with E-state index in [9.17, 15) is 26.7 Å². The normalized spacial score (nSPS) is 12.1. The lowest BCUT2D eigenvalue weighted by Gasteiger charge is -2.18. The summed E-state index contributed by atoms with van der Waals surface area (Å²) in [6.07, 6.45) is -4.78. The molecular weight excluding hydrogens is 421 g/mol. The van der Waals surface area contributed by atoms with Crippen LogP contribution in [0.3, 0.4) is 0 Å². The zero-order valence-corrected chi connectivity index (χ0v) is 16.5. The van der Waals surface area contributed by atoms with E-state index in [4.69, 9.17) is 9.88 Å². The number of rotatable bonds is 5. The number of alkyl halides is 3. The molecule has 0 aliphatic heterocycles. The topological polar surface area (TPSA) is 103 Å². The average Bonchev–Trinajstić information content (AvgIpc) is 2.71. The number of nitrogens with zero attached hydrogens (tertiary/aromatic N) is 1. The number of sulfonamides is 1. The second-order valence-corrected chi connectivity index (χ2v) is 7.92. The van der Waals surface area contributed by atoms with E-state index in [0.717, 1.165) is 0 Å². The smallest absolute Gasteiger partial charge is 0.434 e. The van der Waals surface area contributed by atoms with Gasteiger partial charge < -0.3 is 9.84 Å². The number of aliphatic hydroxyl groups is 1. The number of aliphatic hydroxyl groups excluding tert-OH is 1. The zero-order valence-electron chi connectivity index (χ0n) is 15.6. The van der Waals surface area contributed by atoms with E-state index in [1.807, 2.05) is 0 Å². The highest BCUT2D eigenvalue weighted by Crippen LogP contribution is 2.43. The lowest BCUT2D eigenvalue weighted by Crippen LogP contribution is -2.13. The third kappa shape index (κ3) is 4.45. The van der Waals surface area contributed by atoms with Crippen LogP contribution in [0.2, 0.25) is 0 Å². The van der Waals surface area contributed by atoms with Crippen molar-refractivity contribution in [2.45, 2.75) is 17.7 Å². The Morgan fingerprint density at radius 3 is 2.07 bits per heavy atom. The van der Waals surface area contributed by atoms with Crippen LogP contribution in [0.5, 0.6) is 5.88 Å². The molecule has 0 aliphatic rings. The number of ether oxygens (including phenoxy) is 1. The Hall–Kier alpha value is -2.95. The summed E-state index contributed by atoms with van der Waals surface area (Å²) in [6, 6.07) is 12.4. The van der Waals surface area contributed by atoms with Crippen molar-refractivity contribution in [3.05, 3.63) is 65.9 Å². The highest BCUT2D eigenvalue weighted by molar-refractivity contribution is 7.89. The zero-order chi connectivity index (χ0) is 22.1. The van der Waals surface area contributed by atoms with Gasteiger partial charge in [-0.25, -0.2) is 18.5 Å². The molecule has 1 heterocycles. The number of nitrogens with two attached hydrogens (primary N) is 1. The summed E-state index contributed by atoms with van der Waals surface area (Å²) in [7, 11) is -2.76.